The summed E-state index contributed by atoms with van der Waals surface area (Å²) in [4.78, 5) is 16.7. The van der Waals surface area contributed by atoms with E-state index in [1.54, 1.807) is 0 Å². The molecule has 3 aromatic carbocycles. The molecule has 0 unspecified atom stereocenters. The summed E-state index contributed by atoms with van der Waals surface area (Å²) >= 11 is 3.59. The second-order valence-electron chi connectivity index (χ2n) is 7.78. The summed E-state index contributed by atoms with van der Waals surface area (Å²) < 4.78 is 6.46. The van der Waals surface area contributed by atoms with Crippen LogP contribution in [0.25, 0.3) is 32.9 Å². The highest BCUT2D eigenvalue weighted by Gasteiger charge is 2.23. The topological polar surface area (TPSA) is 54.1 Å². The number of aryl methyl sites for hydroxylation is 1. The molecule has 4 aromatic rings. The molecule has 0 atom stereocenters. The zero-order valence-corrected chi connectivity index (χ0v) is 19.7. The average molecular weight is 479 g/mol. The molecular formula is C26H27BrN2O2. The molecule has 0 aliphatic heterocycles. The van der Waals surface area contributed by atoms with Gasteiger partial charge in [0.25, 0.3) is 0 Å². The number of anilines is 1. The number of nitrogens with one attached hydrogen (secondary N) is 2. The zero-order valence-electron chi connectivity index (χ0n) is 18.1. The third-order valence-electron chi connectivity index (χ3n) is 5.53. The van der Waals surface area contributed by atoms with Gasteiger partial charge in [-0.25, -0.2) is 4.79 Å². The molecule has 1 heterocycles. The van der Waals surface area contributed by atoms with E-state index in [9.17, 15) is 4.79 Å². The van der Waals surface area contributed by atoms with E-state index in [0.29, 0.717) is 12.2 Å². The molecule has 0 amide bonds. The van der Waals surface area contributed by atoms with E-state index in [0.717, 1.165) is 62.5 Å². The Labute approximate surface area is 191 Å². The van der Waals surface area contributed by atoms with Crippen LogP contribution in [-0.2, 0) is 4.74 Å². The molecule has 5 heteroatoms. The molecule has 0 saturated carbocycles. The molecule has 0 radical (unpaired) electrons. The van der Waals surface area contributed by atoms with Gasteiger partial charge in [0.2, 0.25) is 0 Å². The minimum Gasteiger partial charge on any atom is -0.462 e. The Morgan fingerprint density at radius 1 is 1.10 bits per heavy atom. The van der Waals surface area contributed by atoms with Crippen molar-refractivity contribution in [3.63, 3.8) is 0 Å². The van der Waals surface area contributed by atoms with Crippen molar-refractivity contribution in [3.8, 4) is 11.1 Å². The summed E-state index contributed by atoms with van der Waals surface area (Å²) in [5.74, 6) is -0.303. The van der Waals surface area contributed by atoms with Gasteiger partial charge in [0.05, 0.1) is 23.4 Å². The summed E-state index contributed by atoms with van der Waals surface area (Å²) in [7, 11) is 0. The van der Waals surface area contributed by atoms with Crippen molar-refractivity contribution in [1.29, 1.82) is 0 Å². The van der Waals surface area contributed by atoms with Gasteiger partial charge >= 0.3 is 5.97 Å². The largest absolute Gasteiger partial charge is 0.462 e. The quantitative estimate of drug-likeness (QED) is 0.214. The van der Waals surface area contributed by atoms with E-state index in [1.807, 2.05) is 19.1 Å². The number of aromatic nitrogens is 1. The van der Waals surface area contributed by atoms with Crippen molar-refractivity contribution in [3.05, 3.63) is 64.1 Å². The van der Waals surface area contributed by atoms with Crippen LogP contribution in [-0.4, -0.2) is 24.1 Å². The summed E-state index contributed by atoms with van der Waals surface area (Å²) in [5, 5.41) is 5.41. The standard InChI is InChI=1S/C26H27BrN2O2/c1-4-6-13-28-22-15-19(17-9-7-16(3)8-10-17)25-23(24(22)26(30)31-5-2)20-14-18(27)11-12-21(20)29-25/h7-12,14-15,28-29H,4-6,13H2,1-3H3. The number of H-pyrrole nitrogens is 1. The number of rotatable bonds is 7. The molecule has 160 valence electrons. The molecular weight excluding hydrogens is 452 g/mol. The normalized spacial score (nSPS) is 11.2. The highest BCUT2D eigenvalue weighted by Crippen LogP contribution is 2.40. The van der Waals surface area contributed by atoms with Crippen LogP contribution in [0.15, 0.2) is 53.0 Å². The van der Waals surface area contributed by atoms with Crippen molar-refractivity contribution in [1.82, 2.24) is 4.98 Å². The highest BCUT2D eigenvalue weighted by molar-refractivity contribution is 9.10. The van der Waals surface area contributed by atoms with Crippen LogP contribution in [0.1, 0.15) is 42.6 Å². The van der Waals surface area contributed by atoms with E-state index in [4.69, 9.17) is 4.74 Å². The molecule has 0 bridgehead atoms. The summed E-state index contributed by atoms with van der Waals surface area (Å²) in [6, 6.07) is 16.7. The molecule has 4 nitrogen and oxygen atoms in total. The fourth-order valence-corrected chi connectivity index (χ4v) is 4.33. The molecule has 0 saturated heterocycles. The maximum atomic E-state index is 13.1. The summed E-state index contributed by atoms with van der Waals surface area (Å²) in [5.41, 5.74) is 6.72. The zero-order chi connectivity index (χ0) is 22.0. The number of esters is 1. The maximum absolute atomic E-state index is 13.1. The SMILES string of the molecule is CCCCNc1cc(-c2ccc(C)cc2)c2[nH]c3ccc(Br)cc3c2c1C(=O)OCC. The molecule has 1 aromatic heterocycles. The van der Waals surface area contributed by atoms with E-state index < -0.39 is 0 Å². The van der Waals surface area contributed by atoms with Crippen LogP contribution in [0.3, 0.4) is 0 Å². The smallest absolute Gasteiger partial charge is 0.340 e. The Bertz CT molecular complexity index is 1240. The van der Waals surface area contributed by atoms with Crippen molar-refractivity contribution >= 4 is 49.4 Å². The molecule has 0 aliphatic rings. The fourth-order valence-electron chi connectivity index (χ4n) is 3.96. The number of unbranched alkanes of at least 4 members (excludes halogenated alkanes) is 1. The number of carbonyl (C=O) groups is 1. The van der Waals surface area contributed by atoms with E-state index in [-0.39, 0.29) is 5.97 Å². The van der Waals surface area contributed by atoms with E-state index in [1.165, 1.54) is 5.56 Å². The highest BCUT2D eigenvalue weighted by atomic mass is 79.9. The maximum Gasteiger partial charge on any atom is 0.340 e. The first-order chi connectivity index (χ1) is 15.0. The van der Waals surface area contributed by atoms with Gasteiger partial charge in [-0.15, -0.1) is 0 Å². The fraction of sp³-hybridized carbons (Fsp3) is 0.269. The molecule has 2 N–H and O–H groups in total. The lowest BCUT2D eigenvalue weighted by atomic mass is 9.95. The monoisotopic (exact) mass is 478 g/mol. The lowest BCUT2D eigenvalue weighted by molar-refractivity contribution is 0.0530. The van der Waals surface area contributed by atoms with Crippen LogP contribution in [0.2, 0.25) is 0 Å². The van der Waals surface area contributed by atoms with Crippen LogP contribution < -0.4 is 5.32 Å². The summed E-state index contributed by atoms with van der Waals surface area (Å²) in [6.45, 7) is 7.22. The minimum atomic E-state index is -0.303. The number of halogens is 1. The summed E-state index contributed by atoms with van der Waals surface area (Å²) in [6.07, 6.45) is 2.11. The van der Waals surface area contributed by atoms with Gasteiger partial charge in [-0.3, -0.25) is 0 Å². The molecule has 0 fully saturated rings. The van der Waals surface area contributed by atoms with Gasteiger partial charge in [0.1, 0.15) is 0 Å². The van der Waals surface area contributed by atoms with Crippen molar-refractivity contribution in [2.75, 3.05) is 18.5 Å². The van der Waals surface area contributed by atoms with Crippen molar-refractivity contribution in [2.24, 2.45) is 0 Å². The number of hydrogen-bond acceptors (Lipinski definition) is 3. The Balaban J connectivity index is 2.08. The van der Waals surface area contributed by atoms with E-state index >= 15 is 0 Å². The number of carbonyl (C=O) groups excluding carboxylic acids is 1. The number of fused-ring (bicyclic) bond motifs is 3. The number of aromatic amines is 1. The minimum absolute atomic E-state index is 0.303. The molecule has 0 aliphatic carbocycles. The Kier molecular flexibility index (Phi) is 6.33. The van der Waals surface area contributed by atoms with Crippen LogP contribution in [0.4, 0.5) is 5.69 Å². The Hall–Kier alpha value is -2.79. The Morgan fingerprint density at radius 2 is 1.87 bits per heavy atom. The van der Waals surface area contributed by atoms with Crippen LogP contribution in [0, 0.1) is 6.92 Å². The second kappa shape index (κ2) is 9.15. The average Bonchev–Trinajstić information content (AvgIpc) is 3.12. The van der Waals surface area contributed by atoms with Gasteiger partial charge < -0.3 is 15.0 Å². The van der Waals surface area contributed by atoms with E-state index in [2.05, 4.69) is 76.5 Å². The first-order valence-electron chi connectivity index (χ1n) is 10.8. The van der Waals surface area contributed by atoms with Gasteiger partial charge in [-0.1, -0.05) is 59.1 Å². The number of benzene rings is 3. The van der Waals surface area contributed by atoms with Gasteiger partial charge in [-0.2, -0.15) is 0 Å². The van der Waals surface area contributed by atoms with Gasteiger partial charge in [-0.05, 0) is 50.1 Å². The second-order valence-corrected chi connectivity index (χ2v) is 8.69. The first-order valence-corrected chi connectivity index (χ1v) is 11.6. The molecule has 4 rings (SSSR count). The lowest BCUT2D eigenvalue weighted by Crippen LogP contribution is -2.11. The van der Waals surface area contributed by atoms with Gasteiger partial charge in [0, 0.05) is 32.9 Å². The van der Waals surface area contributed by atoms with Crippen LogP contribution >= 0.6 is 15.9 Å². The Morgan fingerprint density at radius 3 is 2.58 bits per heavy atom. The van der Waals surface area contributed by atoms with Crippen molar-refractivity contribution < 1.29 is 9.53 Å². The van der Waals surface area contributed by atoms with Crippen LogP contribution in [0.5, 0.6) is 0 Å². The third-order valence-corrected chi connectivity index (χ3v) is 6.02. The van der Waals surface area contributed by atoms with Crippen molar-refractivity contribution in [2.45, 2.75) is 33.6 Å². The first kappa shape index (κ1) is 21.4. The molecule has 0 spiro atoms. The molecule has 31 heavy (non-hydrogen) atoms. The number of ether oxygens (including phenoxy) is 1. The third kappa shape index (κ3) is 4.19. The number of hydrogen-bond donors (Lipinski definition) is 2. The lowest BCUT2D eigenvalue weighted by Gasteiger charge is -2.16. The predicted octanol–water partition coefficient (Wildman–Crippen LogP) is 7.45. The predicted molar refractivity (Wildman–Crippen MR) is 133 cm³/mol. The van der Waals surface area contributed by atoms with Gasteiger partial charge in [0.15, 0.2) is 0 Å².